The summed E-state index contributed by atoms with van der Waals surface area (Å²) in [5.41, 5.74) is 10.8. The lowest BCUT2D eigenvalue weighted by Gasteiger charge is -2.18. The van der Waals surface area contributed by atoms with Gasteiger partial charge in [-0.15, -0.1) is 0 Å². The summed E-state index contributed by atoms with van der Waals surface area (Å²) in [5, 5.41) is 0. The summed E-state index contributed by atoms with van der Waals surface area (Å²) in [5.74, 6) is -0.226. The van der Waals surface area contributed by atoms with E-state index in [1.807, 2.05) is 12.1 Å². The van der Waals surface area contributed by atoms with Crippen LogP contribution in [0, 0.1) is 23.2 Å². The lowest BCUT2D eigenvalue weighted by Crippen LogP contribution is -2.15. The van der Waals surface area contributed by atoms with Crippen LogP contribution in [0.4, 0.5) is 4.39 Å². The molecule has 0 aromatic heterocycles. The second kappa shape index (κ2) is 5.36. The Morgan fingerprint density at radius 2 is 1.83 bits per heavy atom. The van der Waals surface area contributed by atoms with Gasteiger partial charge in [0.1, 0.15) is 5.82 Å². The molecule has 0 bridgehead atoms. The van der Waals surface area contributed by atoms with Gasteiger partial charge in [-0.2, -0.15) is 0 Å². The predicted octanol–water partition coefficient (Wildman–Crippen LogP) is 4.10. The molecule has 2 aromatic carbocycles. The van der Waals surface area contributed by atoms with Gasteiger partial charge in [0.05, 0.1) is 6.04 Å². The monoisotopic (exact) mass is 355 g/mol. The van der Waals surface area contributed by atoms with E-state index in [9.17, 15) is 4.39 Å². The first kappa shape index (κ1) is 13.5. The molecular formula is C15H15FIN. The van der Waals surface area contributed by atoms with Crippen molar-refractivity contribution >= 4 is 22.6 Å². The van der Waals surface area contributed by atoms with Crippen molar-refractivity contribution in [3.05, 3.63) is 68.0 Å². The molecule has 3 heteroatoms. The van der Waals surface area contributed by atoms with Crippen molar-refractivity contribution in [3.8, 4) is 0 Å². The van der Waals surface area contributed by atoms with Gasteiger partial charge in [0.25, 0.3) is 0 Å². The molecule has 0 heterocycles. The Morgan fingerprint density at radius 3 is 2.50 bits per heavy atom. The summed E-state index contributed by atoms with van der Waals surface area (Å²) in [6.07, 6.45) is 0. The van der Waals surface area contributed by atoms with E-state index in [1.54, 1.807) is 6.07 Å². The lowest BCUT2D eigenvalue weighted by atomic mass is 9.93. The zero-order valence-electron chi connectivity index (χ0n) is 10.4. The van der Waals surface area contributed by atoms with E-state index in [0.717, 1.165) is 14.7 Å². The Morgan fingerprint density at radius 1 is 1.11 bits per heavy atom. The maximum absolute atomic E-state index is 13.1. The molecule has 0 aliphatic rings. The number of benzene rings is 2. The highest BCUT2D eigenvalue weighted by molar-refractivity contribution is 14.1. The average molecular weight is 355 g/mol. The third-order valence-corrected chi connectivity index (χ3v) is 4.21. The minimum atomic E-state index is -0.226. The van der Waals surface area contributed by atoms with Crippen molar-refractivity contribution in [3.63, 3.8) is 0 Å². The van der Waals surface area contributed by atoms with Crippen molar-refractivity contribution in [2.24, 2.45) is 5.73 Å². The van der Waals surface area contributed by atoms with Crippen LogP contribution in [0.3, 0.4) is 0 Å². The molecule has 0 aliphatic carbocycles. The van der Waals surface area contributed by atoms with Gasteiger partial charge in [0.15, 0.2) is 0 Å². The van der Waals surface area contributed by atoms with Crippen molar-refractivity contribution in [2.75, 3.05) is 0 Å². The lowest BCUT2D eigenvalue weighted by molar-refractivity contribution is 0.625. The molecule has 1 nitrogen and oxygen atoms in total. The minimum Gasteiger partial charge on any atom is -0.320 e. The van der Waals surface area contributed by atoms with Crippen LogP contribution in [0.15, 0.2) is 36.4 Å². The summed E-state index contributed by atoms with van der Waals surface area (Å²) in [6, 6.07) is 10.6. The Labute approximate surface area is 120 Å². The molecule has 94 valence electrons. The highest BCUT2D eigenvalue weighted by Gasteiger charge is 2.15. The van der Waals surface area contributed by atoms with Crippen molar-refractivity contribution in [1.29, 1.82) is 0 Å². The second-order valence-corrected chi connectivity index (χ2v) is 5.59. The quantitative estimate of drug-likeness (QED) is 0.807. The van der Waals surface area contributed by atoms with Gasteiger partial charge >= 0.3 is 0 Å². The van der Waals surface area contributed by atoms with Crippen LogP contribution in [0.2, 0.25) is 0 Å². The first-order chi connectivity index (χ1) is 8.50. The average Bonchev–Trinajstić information content (AvgIpc) is 2.32. The summed E-state index contributed by atoms with van der Waals surface area (Å²) in [7, 11) is 0. The first-order valence-corrected chi connectivity index (χ1v) is 6.85. The van der Waals surface area contributed by atoms with Gasteiger partial charge in [0.2, 0.25) is 0 Å². The van der Waals surface area contributed by atoms with Gasteiger partial charge in [0, 0.05) is 3.57 Å². The van der Waals surface area contributed by atoms with Crippen LogP contribution >= 0.6 is 22.6 Å². The summed E-state index contributed by atoms with van der Waals surface area (Å²) in [6.45, 7) is 4.14. The molecule has 0 spiro atoms. The van der Waals surface area contributed by atoms with Crippen molar-refractivity contribution in [2.45, 2.75) is 19.9 Å². The van der Waals surface area contributed by atoms with Gasteiger partial charge in [-0.25, -0.2) is 4.39 Å². The topological polar surface area (TPSA) is 26.0 Å². The smallest absolute Gasteiger partial charge is 0.124 e. The third kappa shape index (κ3) is 2.57. The molecule has 0 radical (unpaired) electrons. The summed E-state index contributed by atoms with van der Waals surface area (Å²) < 4.78 is 14.0. The van der Waals surface area contributed by atoms with E-state index in [4.69, 9.17) is 5.73 Å². The van der Waals surface area contributed by atoms with Gasteiger partial charge in [-0.05, 0) is 70.8 Å². The first-order valence-electron chi connectivity index (χ1n) is 5.77. The molecule has 0 amide bonds. The fraction of sp³-hybridized carbons (Fsp3) is 0.200. The van der Waals surface area contributed by atoms with Crippen LogP contribution in [0.5, 0.6) is 0 Å². The molecular weight excluding hydrogens is 340 g/mol. The van der Waals surface area contributed by atoms with Gasteiger partial charge in [-0.1, -0.05) is 24.3 Å². The normalized spacial score (nSPS) is 12.5. The molecule has 2 aromatic rings. The highest BCUT2D eigenvalue weighted by Crippen LogP contribution is 2.28. The SMILES string of the molecule is Cc1cccc(C(N)c2ccc(F)cc2I)c1C. The largest absolute Gasteiger partial charge is 0.320 e. The second-order valence-electron chi connectivity index (χ2n) is 4.43. The van der Waals surface area contributed by atoms with E-state index in [0.29, 0.717) is 0 Å². The highest BCUT2D eigenvalue weighted by atomic mass is 127. The molecule has 0 saturated heterocycles. The Kier molecular flexibility index (Phi) is 4.02. The van der Waals surface area contributed by atoms with Gasteiger partial charge < -0.3 is 5.73 Å². The van der Waals surface area contributed by atoms with Crippen LogP contribution in [-0.2, 0) is 0 Å². The predicted molar refractivity (Wildman–Crippen MR) is 81.1 cm³/mol. The van der Waals surface area contributed by atoms with Crippen LogP contribution in [0.1, 0.15) is 28.3 Å². The third-order valence-electron chi connectivity index (χ3n) is 3.28. The van der Waals surface area contributed by atoms with Gasteiger partial charge in [-0.3, -0.25) is 0 Å². The fourth-order valence-electron chi connectivity index (χ4n) is 2.03. The number of hydrogen-bond acceptors (Lipinski definition) is 1. The number of hydrogen-bond donors (Lipinski definition) is 1. The van der Waals surface area contributed by atoms with Crippen molar-refractivity contribution < 1.29 is 4.39 Å². The van der Waals surface area contributed by atoms with E-state index in [2.05, 4.69) is 42.5 Å². The zero-order valence-corrected chi connectivity index (χ0v) is 12.5. The van der Waals surface area contributed by atoms with Crippen LogP contribution in [0.25, 0.3) is 0 Å². The molecule has 0 saturated carbocycles. The molecule has 0 fully saturated rings. The van der Waals surface area contributed by atoms with Crippen LogP contribution < -0.4 is 5.73 Å². The van der Waals surface area contributed by atoms with Crippen molar-refractivity contribution in [1.82, 2.24) is 0 Å². The maximum atomic E-state index is 13.1. The molecule has 2 N–H and O–H groups in total. The minimum absolute atomic E-state index is 0.211. The van der Waals surface area contributed by atoms with E-state index >= 15 is 0 Å². The Bertz CT molecular complexity index is 581. The van der Waals surface area contributed by atoms with E-state index < -0.39 is 0 Å². The fourth-order valence-corrected chi connectivity index (χ4v) is 2.84. The molecule has 18 heavy (non-hydrogen) atoms. The molecule has 2 rings (SSSR count). The summed E-state index contributed by atoms with van der Waals surface area (Å²) in [4.78, 5) is 0. The Hall–Kier alpha value is -0.940. The maximum Gasteiger partial charge on any atom is 0.124 e. The number of halogens is 2. The van der Waals surface area contributed by atoms with Crippen LogP contribution in [-0.4, -0.2) is 0 Å². The Balaban J connectivity index is 2.48. The number of nitrogens with two attached hydrogens (primary N) is 1. The summed E-state index contributed by atoms with van der Waals surface area (Å²) >= 11 is 2.13. The molecule has 1 atom stereocenters. The standard InChI is InChI=1S/C15H15FIN/c1-9-4-3-5-12(10(9)2)15(18)13-7-6-11(16)8-14(13)17/h3-8,15H,18H2,1-2H3. The van der Waals surface area contributed by atoms with E-state index in [-0.39, 0.29) is 11.9 Å². The number of rotatable bonds is 2. The number of aryl methyl sites for hydroxylation is 1. The molecule has 1 unspecified atom stereocenters. The molecule has 0 aliphatic heterocycles. The van der Waals surface area contributed by atoms with E-state index in [1.165, 1.54) is 23.3 Å². The zero-order chi connectivity index (χ0) is 13.3.